The maximum absolute atomic E-state index is 8.78. The minimum Gasteiger partial charge on any atom is -0.465 e. The summed E-state index contributed by atoms with van der Waals surface area (Å²) in [5.74, 6) is 0. The van der Waals surface area contributed by atoms with E-state index in [1.165, 1.54) is 0 Å². The van der Waals surface area contributed by atoms with E-state index in [1.807, 2.05) is 0 Å². The predicted octanol–water partition coefficient (Wildman–Crippen LogP) is -1.41. The summed E-state index contributed by atoms with van der Waals surface area (Å²) in [5.41, 5.74) is 3.32. The first kappa shape index (κ1) is 13.7. The van der Waals surface area contributed by atoms with Gasteiger partial charge in [0.2, 0.25) is 0 Å². The molecule has 0 saturated heterocycles. The van der Waals surface area contributed by atoms with E-state index in [4.69, 9.17) is 25.2 Å². The van der Waals surface area contributed by atoms with Crippen LogP contribution in [0.25, 0.3) is 0 Å². The summed E-state index contributed by atoms with van der Waals surface area (Å²) >= 11 is 0. The predicted molar refractivity (Wildman–Crippen MR) is 41.6 cm³/mol. The van der Waals surface area contributed by atoms with Gasteiger partial charge in [0.25, 0.3) is 0 Å². The number of primary amides is 1. The standard InChI is InChI=1S/C5H12O3.CH3NO2/c1-5(2-6,3-7)4-8;2-1(3)4/h6-8H,2-4H2,1H3;2H2,(H,3,4). The number of aliphatic hydroxyl groups excluding tert-OH is 3. The largest absolute Gasteiger partial charge is 0.465 e. The third-order valence-corrected chi connectivity index (χ3v) is 1.15. The number of hydrogen-bond acceptors (Lipinski definition) is 4. The molecule has 0 aromatic rings. The maximum Gasteiger partial charge on any atom is 0.402 e. The number of carbonyl (C=O) groups is 1. The molecule has 0 atom stereocenters. The van der Waals surface area contributed by atoms with Gasteiger partial charge in [0.15, 0.2) is 0 Å². The zero-order valence-corrected chi connectivity index (χ0v) is 6.90. The molecule has 0 rings (SSSR count). The van der Waals surface area contributed by atoms with Crippen molar-refractivity contribution in [2.45, 2.75) is 6.92 Å². The molecule has 6 heteroatoms. The first-order valence-corrected chi connectivity index (χ1v) is 3.23. The van der Waals surface area contributed by atoms with Gasteiger partial charge >= 0.3 is 6.09 Å². The zero-order valence-electron chi connectivity index (χ0n) is 6.90. The Morgan fingerprint density at radius 1 is 1.25 bits per heavy atom. The fourth-order valence-corrected chi connectivity index (χ4v) is 0.150. The molecule has 0 fully saturated rings. The Hall–Kier alpha value is -0.850. The van der Waals surface area contributed by atoms with E-state index >= 15 is 0 Å². The fraction of sp³-hybridized carbons (Fsp3) is 0.833. The summed E-state index contributed by atoms with van der Waals surface area (Å²) in [6, 6.07) is 0. The van der Waals surface area contributed by atoms with Crippen molar-refractivity contribution in [3.63, 3.8) is 0 Å². The van der Waals surface area contributed by atoms with Crippen molar-refractivity contribution in [1.82, 2.24) is 0 Å². The van der Waals surface area contributed by atoms with Crippen molar-refractivity contribution in [2.75, 3.05) is 19.8 Å². The van der Waals surface area contributed by atoms with E-state index in [2.05, 4.69) is 5.73 Å². The molecule has 1 amide bonds. The quantitative estimate of drug-likeness (QED) is 0.366. The number of amides is 1. The summed E-state index contributed by atoms with van der Waals surface area (Å²) in [7, 11) is 0. The van der Waals surface area contributed by atoms with E-state index in [0.29, 0.717) is 0 Å². The highest BCUT2D eigenvalue weighted by molar-refractivity contribution is 5.61. The zero-order chi connectivity index (χ0) is 10.2. The molecule has 0 heterocycles. The van der Waals surface area contributed by atoms with Gasteiger partial charge in [-0.1, -0.05) is 6.92 Å². The fourth-order valence-electron chi connectivity index (χ4n) is 0.150. The molecule has 6 nitrogen and oxygen atoms in total. The molecule has 12 heavy (non-hydrogen) atoms. The van der Waals surface area contributed by atoms with Crippen molar-refractivity contribution in [3.05, 3.63) is 0 Å². The van der Waals surface area contributed by atoms with Gasteiger partial charge in [-0.2, -0.15) is 0 Å². The summed E-state index contributed by atoms with van der Waals surface area (Å²) in [4.78, 5) is 8.78. The second kappa shape index (κ2) is 6.84. The molecule has 0 aliphatic heterocycles. The number of hydrogen-bond donors (Lipinski definition) is 5. The summed E-state index contributed by atoms with van der Waals surface area (Å²) < 4.78 is 0. The first-order valence-electron chi connectivity index (χ1n) is 3.23. The Kier molecular flexibility index (Phi) is 7.82. The van der Waals surface area contributed by atoms with Crippen molar-refractivity contribution >= 4 is 6.09 Å². The van der Waals surface area contributed by atoms with Crippen LogP contribution in [0, 0.1) is 5.41 Å². The smallest absolute Gasteiger partial charge is 0.402 e. The van der Waals surface area contributed by atoms with Gasteiger partial charge in [-0.05, 0) is 0 Å². The van der Waals surface area contributed by atoms with Crippen LogP contribution in [-0.4, -0.2) is 46.3 Å². The number of nitrogens with two attached hydrogens (primary N) is 1. The molecule has 0 aromatic carbocycles. The Bertz CT molecular complexity index is 111. The molecular formula is C6H15NO5. The van der Waals surface area contributed by atoms with Gasteiger partial charge in [-0.15, -0.1) is 0 Å². The van der Waals surface area contributed by atoms with Crippen LogP contribution >= 0.6 is 0 Å². The summed E-state index contributed by atoms with van der Waals surface area (Å²) in [5, 5.41) is 32.6. The van der Waals surface area contributed by atoms with E-state index in [9.17, 15) is 0 Å². The Labute approximate surface area is 70.2 Å². The molecule has 0 aliphatic carbocycles. The van der Waals surface area contributed by atoms with Gasteiger partial charge in [-0.25, -0.2) is 4.79 Å². The number of aliphatic hydroxyl groups is 3. The lowest BCUT2D eigenvalue weighted by Crippen LogP contribution is -2.29. The molecule has 0 saturated carbocycles. The van der Waals surface area contributed by atoms with Crippen LogP contribution in [-0.2, 0) is 0 Å². The van der Waals surface area contributed by atoms with Crippen LogP contribution in [0.4, 0.5) is 4.79 Å². The van der Waals surface area contributed by atoms with Crippen molar-refractivity contribution in [1.29, 1.82) is 0 Å². The molecule has 0 radical (unpaired) electrons. The van der Waals surface area contributed by atoms with Gasteiger partial charge in [0, 0.05) is 5.41 Å². The van der Waals surface area contributed by atoms with Crippen LogP contribution in [0.3, 0.4) is 0 Å². The average molecular weight is 181 g/mol. The van der Waals surface area contributed by atoms with Gasteiger partial charge in [0.05, 0.1) is 19.8 Å². The topological polar surface area (TPSA) is 124 Å². The molecule has 0 spiro atoms. The third kappa shape index (κ3) is 9.15. The van der Waals surface area contributed by atoms with E-state index < -0.39 is 11.5 Å². The van der Waals surface area contributed by atoms with E-state index in [1.54, 1.807) is 6.92 Å². The molecule has 6 N–H and O–H groups in total. The molecule has 0 aliphatic rings. The van der Waals surface area contributed by atoms with Crippen molar-refractivity contribution < 1.29 is 25.2 Å². The van der Waals surface area contributed by atoms with Crippen LogP contribution in [0.1, 0.15) is 6.92 Å². The van der Waals surface area contributed by atoms with Gasteiger partial charge in [-0.3, -0.25) is 0 Å². The van der Waals surface area contributed by atoms with Crippen LogP contribution in [0.5, 0.6) is 0 Å². The highest BCUT2D eigenvalue weighted by Gasteiger charge is 2.20. The van der Waals surface area contributed by atoms with Crippen molar-refractivity contribution in [3.8, 4) is 0 Å². The lowest BCUT2D eigenvalue weighted by atomic mass is 9.95. The van der Waals surface area contributed by atoms with E-state index in [0.717, 1.165) is 0 Å². The van der Waals surface area contributed by atoms with Crippen molar-refractivity contribution in [2.24, 2.45) is 11.1 Å². The van der Waals surface area contributed by atoms with Crippen LogP contribution < -0.4 is 5.73 Å². The Morgan fingerprint density at radius 2 is 1.42 bits per heavy atom. The lowest BCUT2D eigenvalue weighted by molar-refractivity contribution is 0.0200. The summed E-state index contributed by atoms with van der Waals surface area (Å²) in [6.45, 7) is 1.06. The highest BCUT2D eigenvalue weighted by atomic mass is 16.4. The normalized spacial score (nSPS) is 10.0. The highest BCUT2D eigenvalue weighted by Crippen LogP contribution is 2.10. The second-order valence-corrected chi connectivity index (χ2v) is 2.62. The average Bonchev–Trinajstić information content (AvgIpc) is 2.02. The Morgan fingerprint density at radius 3 is 1.42 bits per heavy atom. The Balaban J connectivity index is 0. The maximum atomic E-state index is 8.78. The molecule has 74 valence electrons. The van der Waals surface area contributed by atoms with Crippen LogP contribution in [0.2, 0.25) is 0 Å². The van der Waals surface area contributed by atoms with E-state index in [-0.39, 0.29) is 19.8 Å². The monoisotopic (exact) mass is 181 g/mol. The number of carboxylic acid groups (broad SMARTS) is 1. The molecule has 0 aromatic heterocycles. The molecule has 0 unspecified atom stereocenters. The first-order chi connectivity index (χ1) is 5.41. The lowest BCUT2D eigenvalue weighted by Gasteiger charge is -2.20. The third-order valence-electron chi connectivity index (χ3n) is 1.15. The second-order valence-electron chi connectivity index (χ2n) is 2.62. The minimum atomic E-state index is -1.33. The van der Waals surface area contributed by atoms with Gasteiger partial charge in [0.1, 0.15) is 0 Å². The number of rotatable bonds is 3. The molecule has 0 bridgehead atoms. The minimum absolute atomic E-state index is 0.181. The van der Waals surface area contributed by atoms with Crippen LogP contribution in [0.15, 0.2) is 0 Å². The molecular weight excluding hydrogens is 166 g/mol. The van der Waals surface area contributed by atoms with Gasteiger partial charge < -0.3 is 26.2 Å². The summed E-state index contributed by atoms with van der Waals surface area (Å²) in [6.07, 6.45) is -1.33. The SMILES string of the molecule is CC(CO)(CO)CO.NC(=O)O.